The van der Waals surface area contributed by atoms with Gasteiger partial charge in [-0.2, -0.15) is 10.2 Å². The first-order chi connectivity index (χ1) is 17.0. The minimum Gasteiger partial charge on any atom is -0.382 e. The van der Waals surface area contributed by atoms with Gasteiger partial charge in [-0.1, -0.05) is 48.0 Å². The van der Waals surface area contributed by atoms with Crippen molar-refractivity contribution < 1.29 is 4.79 Å². The van der Waals surface area contributed by atoms with Crippen LogP contribution in [-0.2, 0) is 19.6 Å². The number of aromatic nitrogens is 5. The predicted molar refractivity (Wildman–Crippen MR) is 134 cm³/mol. The van der Waals surface area contributed by atoms with Gasteiger partial charge in [0.1, 0.15) is 5.56 Å². The Morgan fingerprint density at radius 3 is 2.54 bits per heavy atom. The van der Waals surface area contributed by atoms with Gasteiger partial charge in [-0.3, -0.25) is 19.4 Å². The Balaban J connectivity index is 1.22. The fraction of sp³-hybridized carbons (Fsp3) is 0.120. The molecule has 0 radical (unpaired) electrons. The van der Waals surface area contributed by atoms with E-state index in [1.54, 1.807) is 27.7 Å². The Labute approximate surface area is 205 Å². The summed E-state index contributed by atoms with van der Waals surface area (Å²) in [6.45, 7) is 1.27. The number of aromatic amines is 1. The molecule has 0 aliphatic rings. The molecular formula is C25H22ClN7O2. The predicted octanol–water partition coefficient (Wildman–Crippen LogP) is 3.18. The average molecular weight is 488 g/mol. The van der Waals surface area contributed by atoms with Gasteiger partial charge in [-0.25, -0.2) is 0 Å². The number of anilines is 1. The zero-order valence-corrected chi connectivity index (χ0v) is 19.4. The molecular weight excluding hydrogens is 466 g/mol. The number of benzene rings is 2. The van der Waals surface area contributed by atoms with Gasteiger partial charge >= 0.3 is 0 Å². The van der Waals surface area contributed by atoms with E-state index in [9.17, 15) is 9.59 Å². The first-order valence-electron chi connectivity index (χ1n) is 10.9. The van der Waals surface area contributed by atoms with E-state index in [0.717, 1.165) is 27.6 Å². The van der Waals surface area contributed by atoms with Gasteiger partial charge in [0.15, 0.2) is 11.0 Å². The molecule has 0 spiro atoms. The molecule has 9 nitrogen and oxygen atoms in total. The van der Waals surface area contributed by atoms with Crippen LogP contribution in [0.15, 0.2) is 77.9 Å². The van der Waals surface area contributed by atoms with Crippen molar-refractivity contribution in [1.29, 1.82) is 0 Å². The van der Waals surface area contributed by atoms with E-state index in [1.807, 2.05) is 48.5 Å². The van der Waals surface area contributed by atoms with E-state index in [2.05, 4.69) is 20.6 Å². The van der Waals surface area contributed by atoms with Crippen molar-refractivity contribution in [3.63, 3.8) is 0 Å². The van der Waals surface area contributed by atoms with Crippen LogP contribution in [0.4, 0.5) is 5.82 Å². The molecule has 3 aromatic heterocycles. The van der Waals surface area contributed by atoms with E-state index in [4.69, 9.17) is 17.3 Å². The molecule has 0 aliphatic heterocycles. The number of nitrogens with one attached hydrogen (secondary N) is 2. The number of fused-ring (bicyclic) bond motifs is 1. The lowest BCUT2D eigenvalue weighted by atomic mass is 10.1. The second-order valence-corrected chi connectivity index (χ2v) is 8.54. The van der Waals surface area contributed by atoms with Crippen LogP contribution in [0.5, 0.6) is 0 Å². The monoisotopic (exact) mass is 487 g/mol. The summed E-state index contributed by atoms with van der Waals surface area (Å²) >= 11 is 6.07. The molecule has 176 valence electrons. The number of nitrogens with zero attached hydrogens (tertiary/aromatic N) is 4. The van der Waals surface area contributed by atoms with Crippen LogP contribution in [-0.4, -0.2) is 30.5 Å². The fourth-order valence-electron chi connectivity index (χ4n) is 3.83. The molecule has 0 atom stereocenters. The van der Waals surface area contributed by atoms with Gasteiger partial charge in [0.2, 0.25) is 0 Å². The number of rotatable bonds is 7. The third-order valence-electron chi connectivity index (χ3n) is 5.69. The molecule has 10 heteroatoms. The standard InChI is InChI=1S/C25H22ClN7O2/c26-23-19-11-18(8-9-21(19)29-30-23)12-28-25(35)20-15-33(31-24(20)27)14-17-6-4-16(5-7-17)13-32-10-2-1-3-22(32)34/h1-11,15H,12-14H2,(H2,27,31)(H,28,35)(H,29,30). The van der Waals surface area contributed by atoms with Gasteiger partial charge in [-0.05, 0) is 34.9 Å². The number of amides is 1. The highest BCUT2D eigenvalue weighted by Crippen LogP contribution is 2.21. The molecule has 0 saturated carbocycles. The van der Waals surface area contributed by atoms with Gasteiger partial charge in [-0.15, -0.1) is 0 Å². The van der Waals surface area contributed by atoms with Crippen LogP contribution >= 0.6 is 11.6 Å². The SMILES string of the molecule is Nc1nn(Cc2ccc(Cn3ccccc3=O)cc2)cc1C(=O)NCc1ccc2[nH]nc(Cl)c2c1. The molecule has 5 rings (SSSR count). The highest BCUT2D eigenvalue weighted by Gasteiger charge is 2.15. The van der Waals surface area contributed by atoms with Crippen LogP contribution < -0.4 is 16.6 Å². The summed E-state index contributed by atoms with van der Waals surface area (Å²) in [5.74, 6) is -0.147. The van der Waals surface area contributed by atoms with Gasteiger partial charge in [0.05, 0.1) is 18.6 Å². The third-order valence-corrected chi connectivity index (χ3v) is 5.98. The van der Waals surface area contributed by atoms with E-state index in [1.165, 1.54) is 6.07 Å². The molecule has 3 heterocycles. The van der Waals surface area contributed by atoms with Crippen LogP contribution in [0.3, 0.4) is 0 Å². The molecule has 5 aromatic rings. The Hall–Kier alpha value is -4.37. The van der Waals surface area contributed by atoms with Gasteiger partial charge in [0.25, 0.3) is 11.5 Å². The molecule has 0 bridgehead atoms. The molecule has 0 aliphatic carbocycles. The zero-order chi connectivity index (χ0) is 24.4. The lowest BCUT2D eigenvalue weighted by molar-refractivity contribution is 0.0951. The van der Waals surface area contributed by atoms with Crippen molar-refractivity contribution in [3.05, 3.63) is 111 Å². The fourth-order valence-corrected chi connectivity index (χ4v) is 4.03. The van der Waals surface area contributed by atoms with Crippen molar-refractivity contribution in [1.82, 2.24) is 29.9 Å². The molecule has 4 N–H and O–H groups in total. The van der Waals surface area contributed by atoms with Crippen LogP contribution in [0.1, 0.15) is 27.0 Å². The van der Waals surface area contributed by atoms with Crippen molar-refractivity contribution in [3.8, 4) is 0 Å². The second-order valence-electron chi connectivity index (χ2n) is 8.19. The van der Waals surface area contributed by atoms with Crippen molar-refractivity contribution in [2.24, 2.45) is 0 Å². The maximum atomic E-state index is 12.7. The van der Waals surface area contributed by atoms with Crippen LogP contribution in [0, 0.1) is 0 Å². The Bertz CT molecular complexity index is 1570. The number of halogens is 1. The van der Waals surface area contributed by atoms with E-state index in [0.29, 0.717) is 30.4 Å². The van der Waals surface area contributed by atoms with Crippen molar-refractivity contribution in [2.75, 3.05) is 5.73 Å². The number of carbonyl (C=O) groups excluding carboxylic acids is 1. The Morgan fingerprint density at radius 1 is 1.03 bits per heavy atom. The highest BCUT2D eigenvalue weighted by molar-refractivity contribution is 6.34. The van der Waals surface area contributed by atoms with Gasteiger partial charge in [0, 0.05) is 30.4 Å². The normalized spacial score (nSPS) is 11.1. The lowest BCUT2D eigenvalue weighted by Gasteiger charge is -2.07. The lowest BCUT2D eigenvalue weighted by Crippen LogP contribution is -2.23. The third kappa shape index (κ3) is 4.95. The summed E-state index contributed by atoms with van der Waals surface area (Å²) in [4.78, 5) is 24.6. The summed E-state index contributed by atoms with van der Waals surface area (Å²) in [6, 6.07) is 18.6. The second kappa shape index (κ2) is 9.47. The number of nitrogen functional groups attached to an aromatic ring is 1. The summed E-state index contributed by atoms with van der Waals surface area (Å²) in [7, 11) is 0. The van der Waals surface area contributed by atoms with Crippen LogP contribution in [0.2, 0.25) is 5.15 Å². The largest absolute Gasteiger partial charge is 0.382 e. The van der Waals surface area contributed by atoms with Crippen LogP contribution in [0.25, 0.3) is 10.9 Å². The first-order valence-corrected chi connectivity index (χ1v) is 11.3. The number of pyridine rings is 1. The number of hydrogen-bond donors (Lipinski definition) is 3. The average Bonchev–Trinajstić information content (AvgIpc) is 3.42. The first kappa shape index (κ1) is 22.4. The molecule has 0 saturated heterocycles. The number of nitrogens with two attached hydrogens (primary N) is 1. The van der Waals surface area contributed by atoms with Crippen molar-refractivity contribution in [2.45, 2.75) is 19.6 Å². The summed E-state index contributed by atoms with van der Waals surface area (Å²) in [5.41, 5.74) is 10.0. The highest BCUT2D eigenvalue weighted by atomic mass is 35.5. The number of H-pyrrole nitrogens is 1. The number of hydrogen-bond acceptors (Lipinski definition) is 5. The molecule has 2 aromatic carbocycles. The molecule has 35 heavy (non-hydrogen) atoms. The molecule has 1 amide bonds. The van der Waals surface area contributed by atoms with Crippen molar-refractivity contribution >= 4 is 34.2 Å². The Morgan fingerprint density at radius 2 is 1.77 bits per heavy atom. The minimum absolute atomic E-state index is 0.0415. The minimum atomic E-state index is -0.309. The zero-order valence-electron chi connectivity index (χ0n) is 18.6. The van der Waals surface area contributed by atoms with E-state index >= 15 is 0 Å². The Kier molecular flexibility index (Phi) is 6.07. The number of carbonyl (C=O) groups is 1. The quantitative estimate of drug-likeness (QED) is 0.325. The smallest absolute Gasteiger partial charge is 0.256 e. The topological polar surface area (TPSA) is 124 Å². The van der Waals surface area contributed by atoms with E-state index in [-0.39, 0.29) is 17.3 Å². The molecule has 0 unspecified atom stereocenters. The summed E-state index contributed by atoms with van der Waals surface area (Å²) in [6.07, 6.45) is 3.40. The summed E-state index contributed by atoms with van der Waals surface area (Å²) in [5, 5.41) is 15.2. The van der Waals surface area contributed by atoms with Gasteiger partial charge < -0.3 is 15.6 Å². The maximum Gasteiger partial charge on any atom is 0.256 e. The summed E-state index contributed by atoms with van der Waals surface area (Å²) < 4.78 is 3.29. The molecule has 0 fully saturated rings. The van der Waals surface area contributed by atoms with E-state index < -0.39 is 0 Å². The maximum absolute atomic E-state index is 12.7.